The van der Waals surface area contributed by atoms with Crippen molar-refractivity contribution in [1.82, 2.24) is 0 Å². The number of unbranched alkanes of at least 4 members (excludes halogenated alkanes) is 2. The Balaban J connectivity index is 1.56. The number of carbonyl (C=O) groups is 1. The molecule has 5 nitrogen and oxygen atoms in total. The van der Waals surface area contributed by atoms with E-state index in [-0.39, 0.29) is 30.0 Å². The van der Waals surface area contributed by atoms with Crippen LogP contribution >= 0.6 is 0 Å². The van der Waals surface area contributed by atoms with Gasteiger partial charge in [-0.15, -0.1) is 0 Å². The molecular formula is C17H28O5. The smallest absolute Gasteiger partial charge is 0.306 e. The summed E-state index contributed by atoms with van der Waals surface area (Å²) in [6.45, 7) is 3.51. The van der Waals surface area contributed by atoms with Gasteiger partial charge in [-0.3, -0.25) is 4.79 Å². The molecule has 0 aromatic heterocycles. The predicted octanol–water partition coefficient (Wildman–Crippen LogP) is 2.40. The van der Waals surface area contributed by atoms with E-state index in [2.05, 4.69) is 6.92 Å². The Morgan fingerprint density at radius 1 is 1.23 bits per heavy atom. The van der Waals surface area contributed by atoms with Crippen molar-refractivity contribution >= 4 is 5.97 Å². The minimum atomic E-state index is -0.462. The quantitative estimate of drug-likeness (QED) is 0.577. The zero-order valence-electron chi connectivity index (χ0n) is 13.5. The molecule has 2 heterocycles. The van der Waals surface area contributed by atoms with Crippen LogP contribution in [-0.2, 0) is 19.0 Å². The van der Waals surface area contributed by atoms with Crippen LogP contribution in [0.15, 0.2) is 0 Å². The van der Waals surface area contributed by atoms with Crippen LogP contribution in [0.3, 0.4) is 0 Å². The lowest BCUT2D eigenvalue weighted by Gasteiger charge is -2.30. The van der Waals surface area contributed by atoms with E-state index in [1.165, 1.54) is 12.8 Å². The van der Waals surface area contributed by atoms with Crippen LogP contribution in [0.2, 0.25) is 0 Å². The summed E-state index contributed by atoms with van der Waals surface area (Å²) in [5.41, 5.74) is 0. The summed E-state index contributed by atoms with van der Waals surface area (Å²) in [6, 6.07) is 0. The third-order valence-electron chi connectivity index (χ3n) is 5.51. The van der Waals surface area contributed by atoms with Crippen LogP contribution in [0, 0.1) is 11.8 Å². The second-order valence-corrected chi connectivity index (χ2v) is 6.97. The lowest BCUT2D eigenvalue weighted by molar-refractivity contribution is -0.171. The fourth-order valence-electron chi connectivity index (χ4n) is 4.32. The Morgan fingerprint density at radius 3 is 2.73 bits per heavy atom. The number of carbonyl (C=O) groups excluding carboxylic acids is 1. The molecule has 1 N–H and O–H groups in total. The van der Waals surface area contributed by atoms with Crippen molar-refractivity contribution in [1.29, 1.82) is 0 Å². The van der Waals surface area contributed by atoms with E-state index in [4.69, 9.17) is 14.2 Å². The van der Waals surface area contributed by atoms with Gasteiger partial charge in [0.2, 0.25) is 0 Å². The highest BCUT2D eigenvalue weighted by atomic mass is 16.7. The second-order valence-electron chi connectivity index (χ2n) is 6.97. The van der Waals surface area contributed by atoms with E-state index in [0.29, 0.717) is 26.1 Å². The number of hydrogen-bond acceptors (Lipinski definition) is 5. The highest BCUT2D eigenvalue weighted by Crippen LogP contribution is 2.45. The molecule has 2 saturated heterocycles. The summed E-state index contributed by atoms with van der Waals surface area (Å²) in [7, 11) is 0. The minimum Gasteiger partial charge on any atom is -0.462 e. The molecule has 126 valence electrons. The summed E-state index contributed by atoms with van der Waals surface area (Å²) in [4.78, 5) is 11.5. The maximum absolute atomic E-state index is 11.5. The average molecular weight is 312 g/mol. The van der Waals surface area contributed by atoms with Crippen LogP contribution in [-0.4, -0.2) is 42.3 Å². The van der Waals surface area contributed by atoms with Gasteiger partial charge in [0.25, 0.3) is 0 Å². The number of fused-ring (bicyclic) bond motifs is 1. The van der Waals surface area contributed by atoms with E-state index < -0.39 is 5.79 Å². The van der Waals surface area contributed by atoms with Gasteiger partial charge in [-0.1, -0.05) is 19.8 Å². The molecule has 0 bridgehead atoms. The van der Waals surface area contributed by atoms with Gasteiger partial charge in [0.05, 0.1) is 25.7 Å². The topological polar surface area (TPSA) is 65.0 Å². The number of ether oxygens (including phenoxy) is 3. The Kier molecular flexibility index (Phi) is 5.05. The summed E-state index contributed by atoms with van der Waals surface area (Å²) in [5.74, 6) is -0.266. The molecule has 0 spiro atoms. The molecule has 22 heavy (non-hydrogen) atoms. The molecule has 4 atom stereocenters. The predicted molar refractivity (Wildman–Crippen MR) is 80.1 cm³/mol. The van der Waals surface area contributed by atoms with Gasteiger partial charge < -0.3 is 19.3 Å². The van der Waals surface area contributed by atoms with Crippen LogP contribution in [0.4, 0.5) is 0 Å². The molecule has 3 fully saturated rings. The van der Waals surface area contributed by atoms with Crippen molar-refractivity contribution in [3.05, 3.63) is 0 Å². The van der Waals surface area contributed by atoms with Gasteiger partial charge in [-0.2, -0.15) is 0 Å². The highest BCUT2D eigenvalue weighted by Gasteiger charge is 2.50. The van der Waals surface area contributed by atoms with E-state index in [0.717, 1.165) is 25.7 Å². The molecule has 3 unspecified atom stereocenters. The fourth-order valence-corrected chi connectivity index (χ4v) is 4.32. The summed E-state index contributed by atoms with van der Waals surface area (Å²) < 4.78 is 17.1. The number of rotatable bonds is 7. The molecule has 5 heteroatoms. The van der Waals surface area contributed by atoms with E-state index >= 15 is 0 Å². The third-order valence-corrected chi connectivity index (χ3v) is 5.51. The number of hydrogen-bond donors (Lipinski definition) is 1. The Labute approximate surface area is 132 Å². The van der Waals surface area contributed by atoms with Crippen molar-refractivity contribution in [3.8, 4) is 0 Å². The molecule has 0 aromatic rings. The largest absolute Gasteiger partial charge is 0.462 e. The average Bonchev–Trinajstić information content (AvgIpc) is 3.13. The molecule has 1 saturated carbocycles. The van der Waals surface area contributed by atoms with E-state index in [1.807, 2.05) is 0 Å². The lowest BCUT2D eigenvalue weighted by atomic mass is 9.86. The summed E-state index contributed by atoms with van der Waals surface area (Å²) in [5, 5.41) is 10.3. The van der Waals surface area contributed by atoms with Crippen molar-refractivity contribution in [2.24, 2.45) is 11.8 Å². The zero-order chi connectivity index (χ0) is 15.6. The Bertz CT molecular complexity index is 391. The van der Waals surface area contributed by atoms with Crippen molar-refractivity contribution in [2.75, 3.05) is 13.2 Å². The lowest BCUT2D eigenvalue weighted by Crippen LogP contribution is -2.32. The van der Waals surface area contributed by atoms with Crippen LogP contribution in [0.25, 0.3) is 0 Å². The Morgan fingerprint density at radius 2 is 2.00 bits per heavy atom. The normalized spacial score (nSPS) is 36.5. The van der Waals surface area contributed by atoms with Crippen LogP contribution in [0.1, 0.15) is 58.3 Å². The molecule has 3 rings (SSSR count). The molecule has 0 amide bonds. The van der Waals surface area contributed by atoms with E-state index in [1.54, 1.807) is 0 Å². The third kappa shape index (κ3) is 3.31. The highest BCUT2D eigenvalue weighted by molar-refractivity contribution is 5.72. The molecule has 0 radical (unpaired) electrons. The molecule has 3 aliphatic rings. The van der Waals surface area contributed by atoms with Crippen molar-refractivity contribution in [3.63, 3.8) is 0 Å². The first-order valence-electron chi connectivity index (χ1n) is 8.79. The first kappa shape index (κ1) is 16.2. The minimum absolute atomic E-state index is 0.0750. The zero-order valence-corrected chi connectivity index (χ0v) is 13.5. The van der Waals surface area contributed by atoms with Crippen molar-refractivity contribution in [2.45, 2.75) is 76.3 Å². The summed E-state index contributed by atoms with van der Waals surface area (Å²) in [6.07, 6.45) is 6.65. The van der Waals surface area contributed by atoms with Gasteiger partial charge in [0, 0.05) is 25.2 Å². The number of esters is 1. The van der Waals surface area contributed by atoms with Gasteiger partial charge in [-0.05, 0) is 18.8 Å². The van der Waals surface area contributed by atoms with Crippen LogP contribution in [0.5, 0.6) is 0 Å². The molecule has 0 aromatic carbocycles. The van der Waals surface area contributed by atoms with E-state index in [9.17, 15) is 9.90 Å². The monoisotopic (exact) mass is 312 g/mol. The molecular weight excluding hydrogens is 284 g/mol. The Hall–Kier alpha value is -0.650. The van der Waals surface area contributed by atoms with Crippen molar-refractivity contribution < 1.29 is 24.1 Å². The van der Waals surface area contributed by atoms with Gasteiger partial charge in [0.1, 0.15) is 6.10 Å². The first-order chi connectivity index (χ1) is 10.6. The summed E-state index contributed by atoms with van der Waals surface area (Å²) >= 11 is 0. The first-order valence-corrected chi connectivity index (χ1v) is 8.79. The molecule has 2 aliphatic heterocycles. The maximum Gasteiger partial charge on any atom is 0.306 e. The maximum atomic E-state index is 11.5. The SMILES string of the molecule is CCCCCC1(CC[C@H]2C(O)CC3OC(=O)CC32)OCCO1. The van der Waals surface area contributed by atoms with Gasteiger partial charge in [-0.25, -0.2) is 0 Å². The van der Waals surface area contributed by atoms with Gasteiger partial charge >= 0.3 is 5.97 Å². The standard InChI is InChI=1S/C17H28O5/c1-2-3-4-6-17(20-8-9-21-17)7-5-12-13-10-16(19)22-15(13)11-14(12)18/h12-15,18H,2-11H2,1H3/t12-,13?,14?,15?/m1/s1. The number of aliphatic hydroxyl groups excluding tert-OH is 1. The van der Waals surface area contributed by atoms with Gasteiger partial charge in [0.15, 0.2) is 5.79 Å². The molecule has 1 aliphatic carbocycles. The second kappa shape index (κ2) is 6.85. The fraction of sp³-hybridized carbons (Fsp3) is 0.941. The van der Waals surface area contributed by atoms with Crippen LogP contribution < -0.4 is 0 Å². The number of aliphatic hydroxyl groups is 1.